The molecule has 0 saturated carbocycles. The Morgan fingerprint density at radius 2 is 1.85 bits per heavy atom. The van der Waals surface area contributed by atoms with Gasteiger partial charge >= 0.3 is 0 Å². The molecule has 0 bridgehead atoms. The lowest BCUT2D eigenvalue weighted by Crippen LogP contribution is -2.51. The maximum atomic E-state index is 9.79. The molecule has 0 saturated heterocycles. The Labute approximate surface area is 123 Å². The first-order chi connectivity index (χ1) is 9.46. The molecule has 0 aliphatic heterocycles. The number of rotatable bonds is 7. The van der Waals surface area contributed by atoms with E-state index in [4.69, 9.17) is 0 Å². The predicted molar refractivity (Wildman–Crippen MR) is 84.3 cm³/mol. The van der Waals surface area contributed by atoms with Gasteiger partial charge in [0.2, 0.25) is 0 Å². The van der Waals surface area contributed by atoms with E-state index < -0.39 is 5.54 Å². The van der Waals surface area contributed by atoms with Gasteiger partial charge in [0.15, 0.2) is 0 Å². The maximum absolute atomic E-state index is 9.79. The molecule has 0 heterocycles. The quantitative estimate of drug-likeness (QED) is 0.830. The Balaban J connectivity index is 3.04. The minimum Gasteiger partial charge on any atom is -0.300 e. The largest absolute Gasteiger partial charge is 0.300 e. The zero-order valence-electron chi connectivity index (χ0n) is 13.4. The number of likely N-dealkylation sites (N-methyl/N-ethyl adjacent to an activating group) is 2. The number of nitriles is 1. The molecule has 2 unspecified atom stereocenters. The van der Waals surface area contributed by atoms with Crippen molar-refractivity contribution >= 4 is 0 Å². The van der Waals surface area contributed by atoms with Crippen LogP contribution in [-0.2, 0) is 5.54 Å². The molecule has 0 aliphatic carbocycles. The van der Waals surface area contributed by atoms with E-state index in [1.54, 1.807) is 0 Å². The molecule has 0 aromatic heterocycles. The molecular weight excluding hydrogens is 246 g/mol. The van der Waals surface area contributed by atoms with Crippen molar-refractivity contribution in [2.24, 2.45) is 5.92 Å². The summed E-state index contributed by atoms with van der Waals surface area (Å²) in [6, 6.07) is 13.0. The van der Waals surface area contributed by atoms with Crippen molar-refractivity contribution in [3.63, 3.8) is 0 Å². The van der Waals surface area contributed by atoms with E-state index in [0.29, 0.717) is 18.5 Å². The Morgan fingerprint density at radius 1 is 1.25 bits per heavy atom. The summed E-state index contributed by atoms with van der Waals surface area (Å²) in [5.74, 6) is 0.564. The highest BCUT2D eigenvalue weighted by molar-refractivity contribution is 5.32. The SMILES string of the molecule is CCNC(C#N)(CN(C)C(C)C(C)C)c1ccccc1. The first kappa shape index (κ1) is 16.7. The lowest BCUT2D eigenvalue weighted by atomic mass is 9.89. The number of hydrogen-bond donors (Lipinski definition) is 1. The number of nitrogens with zero attached hydrogens (tertiary/aromatic N) is 2. The molecule has 0 amide bonds. The molecule has 0 fully saturated rings. The van der Waals surface area contributed by atoms with Gasteiger partial charge in [0.05, 0.1) is 6.07 Å². The molecule has 0 radical (unpaired) electrons. The molecule has 3 nitrogen and oxygen atoms in total. The normalized spacial score (nSPS) is 15.9. The van der Waals surface area contributed by atoms with Gasteiger partial charge in [0, 0.05) is 12.6 Å². The van der Waals surface area contributed by atoms with Crippen molar-refractivity contribution in [2.75, 3.05) is 20.1 Å². The first-order valence-corrected chi connectivity index (χ1v) is 7.39. The highest BCUT2D eigenvalue weighted by Crippen LogP contribution is 2.23. The van der Waals surface area contributed by atoms with Crippen LogP contribution in [0.1, 0.15) is 33.3 Å². The lowest BCUT2D eigenvalue weighted by Gasteiger charge is -2.36. The second-order valence-electron chi connectivity index (χ2n) is 5.81. The lowest BCUT2D eigenvalue weighted by molar-refractivity contribution is 0.167. The zero-order chi connectivity index (χ0) is 15.2. The van der Waals surface area contributed by atoms with Crippen molar-refractivity contribution in [1.29, 1.82) is 5.26 Å². The van der Waals surface area contributed by atoms with Gasteiger partial charge in [0.1, 0.15) is 5.54 Å². The van der Waals surface area contributed by atoms with Crippen LogP contribution in [0.3, 0.4) is 0 Å². The minimum atomic E-state index is -0.645. The summed E-state index contributed by atoms with van der Waals surface area (Å²) in [5.41, 5.74) is 0.389. The fourth-order valence-corrected chi connectivity index (χ4v) is 2.44. The van der Waals surface area contributed by atoms with E-state index in [-0.39, 0.29) is 0 Å². The topological polar surface area (TPSA) is 39.1 Å². The van der Waals surface area contributed by atoms with Gasteiger partial charge < -0.3 is 4.90 Å². The Kier molecular flexibility index (Phi) is 6.19. The van der Waals surface area contributed by atoms with Crippen molar-refractivity contribution in [3.05, 3.63) is 35.9 Å². The number of hydrogen-bond acceptors (Lipinski definition) is 3. The summed E-state index contributed by atoms with van der Waals surface area (Å²) >= 11 is 0. The average molecular weight is 273 g/mol. The summed E-state index contributed by atoms with van der Waals surface area (Å²) in [6.07, 6.45) is 0. The van der Waals surface area contributed by atoms with Crippen molar-refractivity contribution in [1.82, 2.24) is 10.2 Å². The molecule has 1 N–H and O–H groups in total. The van der Waals surface area contributed by atoms with E-state index >= 15 is 0 Å². The smallest absolute Gasteiger partial charge is 0.145 e. The Hall–Kier alpha value is -1.37. The first-order valence-electron chi connectivity index (χ1n) is 7.39. The zero-order valence-corrected chi connectivity index (χ0v) is 13.4. The second-order valence-corrected chi connectivity index (χ2v) is 5.81. The van der Waals surface area contributed by atoms with Crippen molar-refractivity contribution in [3.8, 4) is 6.07 Å². The fraction of sp³-hybridized carbons (Fsp3) is 0.588. The molecular formula is C17H27N3. The van der Waals surface area contributed by atoms with Gasteiger partial charge in [0.25, 0.3) is 0 Å². The third kappa shape index (κ3) is 3.82. The van der Waals surface area contributed by atoms with Crippen LogP contribution in [0.15, 0.2) is 30.3 Å². The summed E-state index contributed by atoms with van der Waals surface area (Å²) in [5, 5.41) is 13.2. The van der Waals surface area contributed by atoms with Crippen LogP contribution in [0.4, 0.5) is 0 Å². The number of nitrogens with one attached hydrogen (secondary N) is 1. The van der Waals surface area contributed by atoms with Gasteiger partial charge in [-0.25, -0.2) is 0 Å². The summed E-state index contributed by atoms with van der Waals surface area (Å²) in [7, 11) is 2.09. The van der Waals surface area contributed by atoms with Crippen LogP contribution in [-0.4, -0.2) is 31.1 Å². The molecule has 0 aliphatic rings. The summed E-state index contributed by atoms with van der Waals surface area (Å²) < 4.78 is 0. The van der Waals surface area contributed by atoms with Crippen LogP contribution >= 0.6 is 0 Å². The molecule has 1 rings (SSSR count). The molecule has 110 valence electrons. The predicted octanol–water partition coefficient (Wildman–Crippen LogP) is 2.99. The van der Waals surface area contributed by atoms with E-state index in [0.717, 1.165) is 12.1 Å². The summed E-state index contributed by atoms with van der Waals surface area (Å²) in [6.45, 7) is 10.1. The van der Waals surface area contributed by atoms with Crippen molar-refractivity contribution < 1.29 is 0 Å². The summed E-state index contributed by atoms with van der Waals surface area (Å²) in [4.78, 5) is 2.27. The van der Waals surface area contributed by atoms with Crippen molar-refractivity contribution in [2.45, 2.75) is 39.3 Å². The van der Waals surface area contributed by atoms with Gasteiger partial charge in [-0.1, -0.05) is 51.1 Å². The highest BCUT2D eigenvalue weighted by Gasteiger charge is 2.34. The molecule has 2 atom stereocenters. The van der Waals surface area contributed by atoms with E-state index in [1.165, 1.54) is 0 Å². The Bertz CT molecular complexity index is 435. The van der Waals surface area contributed by atoms with E-state index in [2.05, 4.69) is 44.1 Å². The van der Waals surface area contributed by atoms with E-state index in [9.17, 15) is 5.26 Å². The molecule has 1 aromatic carbocycles. The van der Waals surface area contributed by atoms with Crippen LogP contribution in [0, 0.1) is 17.2 Å². The van der Waals surface area contributed by atoms with Gasteiger partial charge in [-0.05, 0) is 32.0 Å². The second kappa shape index (κ2) is 7.42. The van der Waals surface area contributed by atoms with Gasteiger partial charge in [-0.2, -0.15) is 5.26 Å². The Morgan fingerprint density at radius 3 is 2.30 bits per heavy atom. The third-order valence-electron chi connectivity index (χ3n) is 4.08. The number of benzene rings is 1. The minimum absolute atomic E-state index is 0.435. The fourth-order valence-electron chi connectivity index (χ4n) is 2.44. The molecule has 1 aromatic rings. The maximum Gasteiger partial charge on any atom is 0.145 e. The van der Waals surface area contributed by atoms with Crippen LogP contribution in [0.2, 0.25) is 0 Å². The molecule has 3 heteroatoms. The van der Waals surface area contributed by atoms with Crippen LogP contribution < -0.4 is 5.32 Å². The van der Waals surface area contributed by atoms with Crippen LogP contribution in [0.5, 0.6) is 0 Å². The third-order valence-corrected chi connectivity index (χ3v) is 4.08. The van der Waals surface area contributed by atoms with E-state index in [1.807, 2.05) is 37.3 Å². The average Bonchev–Trinajstić information content (AvgIpc) is 2.46. The molecule has 20 heavy (non-hydrogen) atoms. The molecule has 0 spiro atoms. The van der Waals surface area contributed by atoms with Gasteiger partial charge in [-0.3, -0.25) is 5.32 Å². The van der Waals surface area contributed by atoms with Crippen LogP contribution in [0.25, 0.3) is 0 Å². The monoisotopic (exact) mass is 273 g/mol. The standard InChI is InChI=1S/C17H27N3/c1-6-19-17(12-18,16-10-8-7-9-11-16)13-20(5)15(4)14(2)3/h7-11,14-15,19H,6,13H2,1-5H3. The highest BCUT2D eigenvalue weighted by atomic mass is 15.2. The van der Waals surface area contributed by atoms with Gasteiger partial charge in [-0.15, -0.1) is 0 Å².